The molecule has 0 unspecified atom stereocenters. The molecule has 0 bridgehead atoms. The molecule has 17 heavy (non-hydrogen) atoms. The van der Waals surface area contributed by atoms with Crippen molar-refractivity contribution in [3.05, 3.63) is 24.3 Å². The SMILES string of the molecule is CC(CO)(CO)Nc1nnc2ccccc2n1. The predicted molar refractivity (Wildman–Crippen MR) is 63.5 cm³/mol. The van der Waals surface area contributed by atoms with Crippen LogP contribution in [0.4, 0.5) is 5.95 Å². The molecule has 2 rings (SSSR count). The molecule has 2 aromatic rings. The molecule has 0 aliphatic rings. The Hall–Kier alpha value is -1.79. The molecule has 6 heteroatoms. The van der Waals surface area contributed by atoms with E-state index in [1.54, 1.807) is 6.92 Å². The van der Waals surface area contributed by atoms with E-state index in [-0.39, 0.29) is 19.2 Å². The van der Waals surface area contributed by atoms with Gasteiger partial charge >= 0.3 is 0 Å². The van der Waals surface area contributed by atoms with Crippen molar-refractivity contribution in [3.63, 3.8) is 0 Å². The maximum Gasteiger partial charge on any atom is 0.243 e. The summed E-state index contributed by atoms with van der Waals surface area (Å²) in [6.45, 7) is 1.23. The number of fused-ring (bicyclic) bond motifs is 1. The maximum absolute atomic E-state index is 9.16. The van der Waals surface area contributed by atoms with Gasteiger partial charge < -0.3 is 15.5 Å². The molecule has 0 spiro atoms. The molecule has 1 heterocycles. The van der Waals surface area contributed by atoms with Crippen LogP contribution in [0.25, 0.3) is 11.0 Å². The molecule has 0 aliphatic carbocycles. The van der Waals surface area contributed by atoms with Crippen LogP contribution < -0.4 is 5.32 Å². The first-order valence-electron chi connectivity index (χ1n) is 5.26. The Morgan fingerprint density at radius 2 is 1.76 bits per heavy atom. The Morgan fingerprint density at radius 1 is 1.12 bits per heavy atom. The van der Waals surface area contributed by atoms with Gasteiger partial charge in [-0.3, -0.25) is 0 Å². The number of hydrogen-bond acceptors (Lipinski definition) is 6. The highest BCUT2D eigenvalue weighted by Crippen LogP contribution is 2.13. The second-order valence-electron chi connectivity index (χ2n) is 4.13. The molecule has 3 N–H and O–H groups in total. The summed E-state index contributed by atoms with van der Waals surface area (Å²) < 4.78 is 0. The number of benzene rings is 1. The Balaban J connectivity index is 2.31. The molecule has 0 saturated carbocycles. The largest absolute Gasteiger partial charge is 0.394 e. The van der Waals surface area contributed by atoms with Gasteiger partial charge in [-0.05, 0) is 19.1 Å². The number of aliphatic hydroxyl groups is 2. The minimum Gasteiger partial charge on any atom is -0.394 e. The second-order valence-corrected chi connectivity index (χ2v) is 4.13. The van der Waals surface area contributed by atoms with Gasteiger partial charge in [0.2, 0.25) is 5.95 Å². The quantitative estimate of drug-likeness (QED) is 0.699. The Morgan fingerprint density at radius 3 is 2.41 bits per heavy atom. The van der Waals surface area contributed by atoms with Gasteiger partial charge in [0.1, 0.15) is 5.52 Å². The highest BCUT2D eigenvalue weighted by atomic mass is 16.3. The van der Waals surface area contributed by atoms with E-state index in [9.17, 15) is 0 Å². The van der Waals surface area contributed by atoms with Gasteiger partial charge in [0.15, 0.2) is 0 Å². The van der Waals surface area contributed by atoms with Crippen LogP contribution in [0.3, 0.4) is 0 Å². The van der Waals surface area contributed by atoms with E-state index in [0.29, 0.717) is 11.0 Å². The van der Waals surface area contributed by atoms with Gasteiger partial charge in [0, 0.05) is 0 Å². The smallest absolute Gasteiger partial charge is 0.243 e. The van der Waals surface area contributed by atoms with E-state index in [4.69, 9.17) is 10.2 Å². The Bertz CT molecular complexity index is 514. The third kappa shape index (κ3) is 2.48. The highest BCUT2D eigenvalue weighted by molar-refractivity contribution is 5.74. The van der Waals surface area contributed by atoms with Crippen LogP contribution in [0.2, 0.25) is 0 Å². The van der Waals surface area contributed by atoms with Gasteiger partial charge in [-0.15, -0.1) is 10.2 Å². The molecule has 0 fully saturated rings. The third-order valence-electron chi connectivity index (χ3n) is 2.47. The summed E-state index contributed by atoms with van der Waals surface area (Å²) in [6.07, 6.45) is 0. The number of para-hydroxylation sites is 1. The maximum atomic E-state index is 9.16. The van der Waals surface area contributed by atoms with Crippen molar-refractivity contribution in [2.24, 2.45) is 0 Å². The number of nitrogens with one attached hydrogen (secondary N) is 1. The number of hydrogen-bond donors (Lipinski definition) is 3. The van der Waals surface area contributed by atoms with Gasteiger partial charge in [0.25, 0.3) is 0 Å². The fourth-order valence-corrected chi connectivity index (χ4v) is 1.33. The molecule has 6 nitrogen and oxygen atoms in total. The summed E-state index contributed by atoms with van der Waals surface area (Å²) in [5, 5.41) is 29.1. The molecular weight excluding hydrogens is 220 g/mol. The zero-order valence-electron chi connectivity index (χ0n) is 9.46. The average Bonchev–Trinajstić information content (AvgIpc) is 2.38. The lowest BCUT2D eigenvalue weighted by Crippen LogP contribution is -2.43. The van der Waals surface area contributed by atoms with Crippen LogP contribution in [0, 0.1) is 0 Å². The monoisotopic (exact) mass is 234 g/mol. The van der Waals surface area contributed by atoms with Gasteiger partial charge in [0.05, 0.1) is 24.3 Å². The second kappa shape index (κ2) is 4.60. The van der Waals surface area contributed by atoms with E-state index in [1.807, 2.05) is 24.3 Å². The van der Waals surface area contributed by atoms with E-state index >= 15 is 0 Å². The van der Waals surface area contributed by atoms with Crippen molar-refractivity contribution in [1.82, 2.24) is 15.2 Å². The molecule has 0 radical (unpaired) electrons. The van der Waals surface area contributed by atoms with E-state index < -0.39 is 5.54 Å². The molecule has 90 valence electrons. The van der Waals surface area contributed by atoms with Crippen LogP contribution in [0.15, 0.2) is 24.3 Å². The van der Waals surface area contributed by atoms with Crippen molar-refractivity contribution < 1.29 is 10.2 Å². The molecule has 0 atom stereocenters. The van der Waals surface area contributed by atoms with E-state index in [2.05, 4.69) is 20.5 Å². The van der Waals surface area contributed by atoms with E-state index in [1.165, 1.54) is 0 Å². The molecule has 0 amide bonds. The summed E-state index contributed by atoms with van der Waals surface area (Å²) in [7, 11) is 0. The van der Waals surface area contributed by atoms with Gasteiger partial charge in [-0.1, -0.05) is 12.1 Å². The van der Waals surface area contributed by atoms with Crippen molar-refractivity contribution in [1.29, 1.82) is 0 Å². The van der Waals surface area contributed by atoms with E-state index in [0.717, 1.165) is 0 Å². The lowest BCUT2D eigenvalue weighted by molar-refractivity contribution is 0.147. The van der Waals surface area contributed by atoms with Gasteiger partial charge in [-0.2, -0.15) is 0 Å². The van der Waals surface area contributed by atoms with Crippen LogP contribution in [0.1, 0.15) is 6.92 Å². The number of rotatable bonds is 4. The summed E-state index contributed by atoms with van der Waals surface area (Å²) >= 11 is 0. The average molecular weight is 234 g/mol. The van der Waals surface area contributed by atoms with Crippen LogP contribution in [-0.2, 0) is 0 Å². The van der Waals surface area contributed by atoms with Crippen molar-refractivity contribution >= 4 is 17.0 Å². The molecular formula is C11H14N4O2. The summed E-state index contributed by atoms with van der Waals surface area (Å²) in [4.78, 5) is 4.25. The fraction of sp³-hybridized carbons (Fsp3) is 0.364. The minimum atomic E-state index is -0.857. The first-order valence-corrected chi connectivity index (χ1v) is 5.26. The number of anilines is 1. The third-order valence-corrected chi connectivity index (χ3v) is 2.47. The zero-order chi connectivity index (χ0) is 12.3. The Labute approximate surface area is 98.3 Å². The van der Waals surface area contributed by atoms with Crippen LogP contribution in [-0.4, -0.2) is 44.1 Å². The first-order chi connectivity index (χ1) is 8.17. The van der Waals surface area contributed by atoms with Gasteiger partial charge in [-0.25, -0.2) is 4.98 Å². The summed E-state index contributed by atoms with van der Waals surface area (Å²) in [5.74, 6) is 0.286. The summed E-state index contributed by atoms with van der Waals surface area (Å²) in [6, 6.07) is 7.36. The topological polar surface area (TPSA) is 91.2 Å². The predicted octanol–water partition coefficient (Wildman–Crippen LogP) is 0.180. The van der Waals surface area contributed by atoms with Crippen molar-refractivity contribution in [2.45, 2.75) is 12.5 Å². The molecule has 0 saturated heterocycles. The fourth-order valence-electron chi connectivity index (χ4n) is 1.33. The van der Waals surface area contributed by atoms with Crippen LogP contribution in [0.5, 0.6) is 0 Å². The molecule has 1 aromatic heterocycles. The zero-order valence-corrected chi connectivity index (χ0v) is 9.46. The highest BCUT2D eigenvalue weighted by Gasteiger charge is 2.23. The summed E-state index contributed by atoms with van der Waals surface area (Å²) in [5.41, 5.74) is 0.556. The lowest BCUT2D eigenvalue weighted by atomic mass is 10.1. The number of nitrogens with zero attached hydrogens (tertiary/aromatic N) is 3. The van der Waals surface area contributed by atoms with Crippen molar-refractivity contribution in [2.75, 3.05) is 18.5 Å². The van der Waals surface area contributed by atoms with Crippen molar-refractivity contribution in [3.8, 4) is 0 Å². The van der Waals surface area contributed by atoms with Crippen LogP contribution >= 0.6 is 0 Å². The minimum absolute atomic E-state index is 0.223. The number of aliphatic hydroxyl groups excluding tert-OH is 2. The normalized spacial score (nSPS) is 11.7. The number of aromatic nitrogens is 3. The molecule has 1 aromatic carbocycles. The molecule has 0 aliphatic heterocycles. The first kappa shape index (κ1) is 11.7. The standard InChI is InChI=1S/C11H14N4O2/c1-11(6-16,7-17)13-10-12-8-4-2-3-5-9(8)14-15-10/h2-5,16-17H,6-7H2,1H3,(H,12,13,15). The lowest BCUT2D eigenvalue weighted by Gasteiger charge is -2.25. The Kier molecular flexibility index (Phi) is 3.16.